The van der Waals surface area contributed by atoms with Crippen molar-refractivity contribution in [1.82, 2.24) is 0 Å². The van der Waals surface area contributed by atoms with Crippen molar-refractivity contribution in [3.05, 3.63) is 0 Å². The van der Waals surface area contributed by atoms with E-state index in [0.717, 1.165) is 38.5 Å². The Hall–Kier alpha value is -1.06. The first-order valence-electron chi connectivity index (χ1n) is 12.3. The molecule has 1 aliphatic heterocycles. The second kappa shape index (κ2) is 16.5. The van der Waals surface area contributed by atoms with Crippen molar-refractivity contribution >= 4 is 11.8 Å². The van der Waals surface area contributed by atoms with Crippen molar-refractivity contribution < 1.29 is 39.5 Å². The maximum Gasteiger partial charge on any atom is 0.305 e. The molecule has 0 aliphatic carbocycles. The van der Waals surface area contributed by atoms with E-state index in [0.29, 0.717) is 12.8 Å². The summed E-state index contributed by atoms with van der Waals surface area (Å²) < 4.78 is 11.1. The van der Waals surface area contributed by atoms with Crippen LogP contribution in [0.2, 0.25) is 0 Å². The van der Waals surface area contributed by atoms with E-state index in [2.05, 4.69) is 0 Å². The minimum Gasteiger partial charge on any atom is -0.481 e. The van der Waals surface area contributed by atoms with E-state index in [-0.39, 0.29) is 12.2 Å². The highest BCUT2D eigenvalue weighted by molar-refractivity contribution is 5.75. The van der Waals surface area contributed by atoms with Gasteiger partial charge in [0.05, 0.1) is 18.6 Å². The highest BCUT2D eigenvalue weighted by atomic mass is 16.7. The van der Waals surface area contributed by atoms with Crippen LogP contribution in [-0.2, 0) is 19.1 Å². The van der Waals surface area contributed by atoms with E-state index in [1.807, 2.05) is 0 Å². The quantitative estimate of drug-likeness (QED) is 0.229. The molecule has 0 saturated carbocycles. The molecule has 0 aromatic heterocycles. The maximum absolute atomic E-state index is 11.2. The molecule has 8 heteroatoms. The van der Waals surface area contributed by atoms with Crippen LogP contribution >= 0.6 is 0 Å². The number of carboxylic acid groups (broad SMARTS) is 1. The minimum atomic E-state index is -1.42. The lowest BCUT2D eigenvalue weighted by atomic mass is 9.99. The van der Waals surface area contributed by atoms with Crippen LogP contribution in [0.1, 0.15) is 104 Å². The van der Waals surface area contributed by atoms with Crippen LogP contribution in [0, 0.1) is 0 Å². The van der Waals surface area contributed by atoms with E-state index in [1.165, 1.54) is 32.1 Å². The molecule has 4 N–H and O–H groups in total. The Kier molecular flexibility index (Phi) is 15.0. The fourth-order valence-electron chi connectivity index (χ4n) is 4.07. The Bertz CT molecular complexity index is 526. The van der Waals surface area contributed by atoms with Crippen LogP contribution in [0.15, 0.2) is 0 Å². The van der Waals surface area contributed by atoms with Crippen molar-refractivity contribution in [3.8, 4) is 0 Å². The van der Waals surface area contributed by atoms with Gasteiger partial charge >= 0.3 is 5.97 Å². The smallest absolute Gasteiger partial charge is 0.305 e. The molecule has 1 rings (SSSR count). The minimum absolute atomic E-state index is 0.202. The summed E-state index contributed by atoms with van der Waals surface area (Å²) in [4.78, 5) is 22.1. The van der Waals surface area contributed by atoms with Gasteiger partial charge < -0.3 is 34.7 Å². The summed E-state index contributed by atoms with van der Waals surface area (Å²) in [5.41, 5.74) is 0. The Balaban J connectivity index is 2.15. The lowest BCUT2D eigenvalue weighted by Gasteiger charge is -2.40. The molecule has 1 heterocycles. The maximum atomic E-state index is 11.2. The molecule has 0 spiro atoms. The predicted molar refractivity (Wildman–Crippen MR) is 120 cm³/mol. The summed E-state index contributed by atoms with van der Waals surface area (Å²) in [5, 5.41) is 38.9. The highest BCUT2D eigenvalue weighted by Gasteiger charge is 2.43. The average Bonchev–Trinajstić information content (AvgIpc) is 2.73. The molecule has 6 atom stereocenters. The lowest BCUT2D eigenvalue weighted by Crippen LogP contribution is -2.58. The zero-order chi connectivity index (χ0) is 23.9. The number of hydrogen-bond acceptors (Lipinski definition) is 7. The van der Waals surface area contributed by atoms with Crippen molar-refractivity contribution in [1.29, 1.82) is 0 Å². The van der Waals surface area contributed by atoms with Gasteiger partial charge in [0.25, 0.3) is 0 Å². The van der Waals surface area contributed by atoms with Gasteiger partial charge in [0.15, 0.2) is 6.29 Å². The molecule has 1 fully saturated rings. The lowest BCUT2D eigenvalue weighted by molar-refractivity contribution is -0.304. The van der Waals surface area contributed by atoms with Crippen LogP contribution in [0.3, 0.4) is 0 Å². The van der Waals surface area contributed by atoms with Gasteiger partial charge in [-0.25, -0.2) is 0 Å². The summed E-state index contributed by atoms with van der Waals surface area (Å²) in [6, 6.07) is 0. The summed E-state index contributed by atoms with van der Waals surface area (Å²) in [7, 11) is 0. The molecule has 1 aliphatic rings. The number of hydrogen-bond donors (Lipinski definition) is 4. The molecule has 1 saturated heterocycles. The van der Waals surface area contributed by atoms with E-state index >= 15 is 0 Å². The Morgan fingerprint density at radius 1 is 0.812 bits per heavy atom. The van der Waals surface area contributed by atoms with Crippen molar-refractivity contribution in [2.24, 2.45) is 0 Å². The summed E-state index contributed by atoms with van der Waals surface area (Å²) in [6.07, 6.45) is 6.78. The zero-order valence-electron chi connectivity index (χ0n) is 19.8. The number of aliphatic hydroxyl groups is 3. The zero-order valence-corrected chi connectivity index (χ0v) is 19.8. The second-order valence-corrected chi connectivity index (χ2v) is 9.17. The van der Waals surface area contributed by atoms with Crippen molar-refractivity contribution in [3.63, 3.8) is 0 Å². The first kappa shape index (κ1) is 29.0. The Morgan fingerprint density at radius 2 is 1.31 bits per heavy atom. The number of unbranched alkanes of at least 4 members (excludes halogenated alkanes) is 10. The fraction of sp³-hybridized carbons (Fsp3) is 0.917. The number of carbonyl (C=O) groups excluding carboxylic acids is 1. The normalized spacial score (nSPS) is 26.7. The molecule has 0 aromatic carbocycles. The largest absolute Gasteiger partial charge is 0.481 e. The van der Waals surface area contributed by atoms with E-state index in [4.69, 9.17) is 14.6 Å². The van der Waals surface area contributed by atoms with Gasteiger partial charge in [-0.3, -0.25) is 4.79 Å². The number of aliphatic carboxylic acids is 1. The number of carboxylic acids is 1. The van der Waals surface area contributed by atoms with Crippen LogP contribution in [0.25, 0.3) is 0 Å². The van der Waals surface area contributed by atoms with Crippen LogP contribution in [-0.4, -0.2) is 69.0 Å². The monoisotopic (exact) mass is 460 g/mol. The van der Waals surface area contributed by atoms with Gasteiger partial charge in [0, 0.05) is 6.42 Å². The number of carbonyl (C=O) groups is 2. The van der Waals surface area contributed by atoms with Gasteiger partial charge in [-0.1, -0.05) is 64.2 Å². The summed E-state index contributed by atoms with van der Waals surface area (Å²) >= 11 is 0. The Labute approximate surface area is 192 Å². The molecular formula is C24H44O8. The number of rotatable bonds is 18. The number of ketones is 1. The molecule has 0 radical (unpaired) electrons. The van der Waals surface area contributed by atoms with E-state index in [9.17, 15) is 24.9 Å². The molecular weight excluding hydrogens is 416 g/mol. The van der Waals surface area contributed by atoms with E-state index in [1.54, 1.807) is 13.8 Å². The van der Waals surface area contributed by atoms with Gasteiger partial charge in [-0.05, 0) is 26.7 Å². The van der Waals surface area contributed by atoms with Gasteiger partial charge in [-0.2, -0.15) is 0 Å². The summed E-state index contributed by atoms with van der Waals surface area (Å²) in [6.45, 7) is 3.21. The van der Waals surface area contributed by atoms with Crippen LogP contribution in [0.4, 0.5) is 0 Å². The van der Waals surface area contributed by atoms with Gasteiger partial charge in [-0.15, -0.1) is 0 Å². The third-order valence-electron chi connectivity index (χ3n) is 6.09. The van der Waals surface area contributed by atoms with Crippen LogP contribution in [0.5, 0.6) is 0 Å². The number of Topliss-reactive ketones (excluding diaryl/α,β-unsaturated/α-hetero) is 1. The second-order valence-electron chi connectivity index (χ2n) is 9.17. The SMILES string of the molecule is CC(=O)CCCCCCCCCCCCC[C@H](CC(=O)O)O[C@@H]1O[C@@H](C)[C@H](O)[C@@H](O)[C@H]1O. The van der Waals surface area contributed by atoms with Crippen molar-refractivity contribution in [2.75, 3.05) is 0 Å². The van der Waals surface area contributed by atoms with Crippen LogP contribution < -0.4 is 0 Å². The third kappa shape index (κ3) is 12.3. The molecule has 188 valence electrons. The van der Waals surface area contributed by atoms with Gasteiger partial charge in [0.1, 0.15) is 24.1 Å². The van der Waals surface area contributed by atoms with E-state index < -0.39 is 42.8 Å². The summed E-state index contributed by atoms with van der Waals surface area (Å²) in [5.74, 6) is -0.714. The average molecular weight is 461 g/mol. The highest BCUT2D eigenvalue weighted by Crippen LogP contribution is 2.25. The van der Waals surface area contributed by atoms with Crippen molar-refractivity contribution in [2.45, 2.75) is 141 Å². The molecule has 0 bridgehead atoms. The number of ether oxygens (including phenoxy) is 2. The molecule has 8 nitrogen and oxygen atoms in total. The number of aliphatic hydroxyl groups excluding tert-OH is 3. The third-order valence-corrected chi connectivity index (χ3v) is 6.09. The standard InChI is InChI=1S/C24H44O8/c1-17(25)14-12-10-8-6-4-3-5-7-9-11-13-15-19(16-20(26)27)32-24-23(30)22(29)21(28)18(2)31-24/h18-19,21-24,28-30H,3-16H2,1-2H3,(H,26,27)/t18-,19+,21-,22+,23+,24-/m0/s1. The first-order chi connectivity index (χ1) is 15.2. The Morgan fingerprint density at radius 3 is 1.81 bits per heavy atom. The first-order valence-corrected chi connectivity index (χ1v) is 12.3. The molecule has 0 aromatic rings. The molecule has 32 heavy (non-hydrogen) atoms. The topological polar surface area (TPSA) is 134 Å². The predicted octanol–water partition coefficient (Wildman–Crippen LogP) is 3.33. The molecule has 0 amide bonds. The van der Waals surface area contributed by atoms with Gasteiger partial charge in [0.2, 0.25) is 0 Å². The fourth-order valence-corrected chi connectivity index (χ4v) is 4.07. The molecule has 0 unspecified atom stereocenters.